The van der Waals surface area contributed by atoms with E-state index in [4.69, 9.17) is 9.47 Å². The fraction of sp³-hybridized carbons (Fsp3) is 0.619. The highest BCUT2D eigenvalue weighted by Crippen LogP contribution is 2.33. The lowest BCUT2D eigenvalue weighted by molar-refractivity contribution is 0.173. The van der Waals surface area contributed by atoms with Crippen LogP contribution in [0.3, 0.4) is 0 Å². The summed E-state index contributed by atoms with van der Waals surface area (Å²) in [7, 11) is 2.14. The van der Waals surface area contributed by atoms with Gasteiger partial charge >= 0.3 is 0 Å². The highest BCUT2D eigenvalue weighted by atomic mass is 16.7. The standard InChI is InChI=1S/C21H29N5O2/c1-24-20(14-25-8-2-3-9-25)22-23-21(24)17-6-10-26(11-7-17)13-16-4-5-18-19(12-16)28-15-27-18/h4-5,12,17H,2-3,6-11,13-15H2,1H3. The Hall–Kier alpha value is -2.12. The van der Waals surface area contributed by atoms with Gasteiger partial charge in [0.2, 0.25) is 6.79 Å². The zero-order valence-electron chi connectivity index (χ0n) is 16.6. The monoisotopic (exact) mass is 383 g/mol. The van der Waals surface area contributed by atoms with E-state index in [-0.39, 0.29) is 0 Å². The quantitative estimate of drug-likeness (QED) is 0.791. The Kier molecular flexibility index (Phi) is 4.94. The van der Waals surface area contributed by atoms with Crippen LogP contribution >= 0.6 is 0 Å². The van der Waals surface area contributed by atoms with Crippen molar-refractivity contribution in [3.05, 3.63) is 35.4 Å². The lowest BCUT2D eigenvalue weighted by atomic mass is 9.95. The minimum atomic E-state index is 0.335. The summed E-state index contributed by atoms with van der Waals surface area (Å²) in [6.07, 6.45) is 4.90. The summed E-state index contributed by atoms with van der Waals surface area (Å²) in [6.45, 7) is 6.80. The van der Waals surface area contributed by atoms with Gasteiger partial charge in [0.25, 0.3) is 0 Å². The second-order valence-electron chi connectivity index (χ2n) is 8.25. The summed E-state index contributed by atoms with van der Waals surface area (Å²) in [6, 6.07) is 6.28. The lowest BCUT2D eigenvalue weighted by Gasteiger charge is -2.31. The Balaban J connectivity index is 1.17. The van der Waals surface area contributed by atoms with E-state index in [9.17, 15) is 0 Å². The van der Waals surface area contributed by atoms with Gasteiger partial charge in [-0.25, -0.2) is 0 Å². The third-order valence-corrected chi connectivity index (χ3v) is 6.36. The molecule has 1 aromatic heterocycles. The summed E-state index contributed by atoms with van der Waals surface area (Å²) in [5, 5.41) is 9.07. The molecule has 0 N–H and O–H groups in total. The van der Waals surface area contributed by atoms with E-state index in [1.807, 2.05) is 6.07 Å². The maximum atomic E-state index is 5.50. The lowest BCUT2D eigenvalue weighted by Crippen LogP contribution is -2.33. The van der Waals surface area contributed by atoms with Crippen molar-refractivity contribution in [1.82, 2.24) is 24.6 Å². The SMILES string of the molecule is Cn1c(CN2CCCC2)nnc1C1CCN(Cc2ccc3c(c2)OCO3)CC1. The Morgan fingerprint density at radius 1 is 0.929 bits per heavy atom. The van der Waals surface area contributed by atoms with Crippen LogP contribution in [0.1, 0.15) is 48.8 Å². The van der Waals surface area contributed by atoms with E-state index < -0.39 is 0 Å². The smallest absolute Gasteiger partial charge is 0.231 e. The molecule has 0 spiro atoms. The second kappa shape index (κ2) is 7.72. The summed E-state index contributed by atoms with van der Waals surface area (Å²) in [4.78, 5) is 5.01. The van der Waals surface area contributed by atoms with Crippen LogP contribution in [0.25, 0.3) is 0 Å². The molecule has 150 valence electrons. The number of aromatic nitrogens is 3. The fourth-order valence-corrected chi connectivity index (χ4v) is 4.66. The Labute approximate surface area is 166 Å². The first-order valence-electron chi connectivity index (χ1n) is 10.5. The van der Waals surface area contributed by atoms with Crippen LogP contribution < -0.4 is 9.47 Å². The number of likely N-dealkylation sites (tertiary alicyclic amines) is 2. The third kappa shape index (κ3) is 3.61. The summed E-state index contributed by atoms with van der Waals surface area (Å²) < 4.78 is 13.2. The van der Waals surface area contributed by atoms with Crippen LogP contribution in [0.2, 0.25) is 0 Å². The average Bonchev–Trinajstić information content (AvgIpc) is 3.45. The Morgan fingerprint density at radius 3 is 2.50 bits per heavy atom. The van der Waals surface area contributed by atoms with Crippen molar-refractivity contribution in [2.24, 2.45) is 7.05 Å². The summed E-state index contributed by atoms with van der Waals surface area (Å²) in [5.41, 5.74) is 1.29. The topological polar surface area (TPSA) is 55.7 Å². The predicted octanol–water partition coefficient (Wildman–Crippen LogP) is 2.52. The van der Waals surface area contributed by atoms with Gasteiger partial charge in [0.05, 0.1) is 6.54 Å². The molecule has 0 saturated carbocycles. The van der Waals surface area contributed by atoms with E-state index >= 15 is 0 Å². The summed E-state index contributed by atoms with van der Waals surface area (Å²) >= 11 is 0. The van der Waals surface area contributed by atoms with E-state index in [0.29, 0.717) is 12.7 Å². The zero-order chi connectivity index (χ0) is 18.9. The molecule has 2 fully saturated rings. The van der Waals surface area contributed by atoms with Crippen LogP contribution in [0, 0.1) is 0 Å². The molecule has 2 saturated heterocycles. The molecule has 28 heavy (non-hydrogen) atoms. The minimum absolute atomic E-state index is 0.335. The van der Waals surface area contributed by atoms with Crippen LogP contribution in [-0.4, -0.2) is 57.5 Å². The fourth-order valence-electron chi connectivity index (χ4n) is 4.66. The van der Waals surface area contributed by atoms with E-state index in [0.717, 1.165) is 62.2 Å². The van der Waals surface area contributed by atoms with Crippen molar-refractivity contribution in [3.63, 3.8) is 0 Å². The average molecular weight is 383 g/mol. The molecule has 0 atom stereocenters. The molecule has 1 aromatic carbocycles. The molecule has 0 amide bonds. The van der Waals surface area contributed by atoms with E-state index in [2.05, 4.69) is 43.7 Å². The molecular formula is C21H29N5O2. The number of rotatable bonds is 5. The largest absolute Gasteiger partial charge is 0.454 e. The van der Waals surface area contributed by atoms with Crippen molar-refractivity contribution < 1.29 is 9.47 Å². The maximum absolute atomic E-state index is 5.50. The molecule has 7 nitrogen and oxygen atoms in total. The molecule has 0 unspecified atom stereocenters. The number of fused-ring (bicyclic) bond motifs is 1. The molecule has 3 aliphatic heterocycles. The first kappa shape index (κ1) is 17.9. The molecule has 3 aliphatic rings. The van der Waals surface area contributed by atoms with Gasteiger partial charge in [-0.15, -0.1) is 10.2 Å². The summed E-state index contributed by atoms with van der Waals surface area (Å²) in [5.74, 6) is 4.51. The van der Waals surface area contributed by atoms with Crippen molar-refractivity contribution >= 4 is 0 Å². The van der Waals surface area contributed by atoms with Crippen LogP contribution in [-0.2, 0) is 20.1 Å². The normalized spacial score (nSPS) is 20.9. The van der Waals surface area contributed by atoms with E-state index in [1.165, 1.54) is 31.5 Å². The van der Waals surface area contributed by atoms with Gasteiger partial charge in [0.1, 0.15) is 11.6 Å². The molecule has 7 heteroatoms. The van der Waals surface area contributed by atoms with Gasteiger partial charge in [-0.3, -0.25) is 9.80 Å². The third-order valence-electron chi connectivity index (χ3n) is 6.36. The van der Waals surface area contributed by atoms with Crippen molar-refractivity contribution in [3.8, 4) is 11.5 Å². The van der Waals surface area contributed by atoms with Crippen molar-refractivity contribution in [1.29, 1.82) is 0 Å². The first-order valence-corrected chi connectivity index (χ1v) is 10.5. The number of piperidine rings is 1. The van der Waals surface area contributed by atoms with Gasteiger partial charge in [-0.2, -0.15) is 0 Å². The van der Waals surface area contributed by atoms with Crippen molar-refractivity contribution in [2.45, 2.75) is 44.7 Å². The molecule has 2 aromatic rings. The highest BCUT2D eigenvalue weighted by molar-refractivity contribution is 5.44. The van der Waals surface area contributed by atoms with Crippen LogP contribution in [0.15, 0.2) is 18.2 Å². The molecule has 4 heterocycles. The number of nitrogens with zero attached hydrogens (tertiary/aromatic N) is 5. The molecule has 0 aliphatic carbocycles. The Morgan fingerprint density at radius 2 is 1.68 bits per heavy atom. The number of benzene rings is 1. The Bertz CT molecular complexity index is 822. The van der Waals surface area contributed by atoms with Gasteiger partial charge in [0, 0.05) is 19.5 Å². The van der Waals surface area contributed by atoms with Gasteiger partial charge in [0.15, 0.2) is 11.5 Å². The molecule has 0 bridgehead atoms. The van der Waals surface area contributed by atoms with Crippen LogP contribution in [0.4, 0.5) is 0 Å². The highest BCUT2D eigenvalue weighted by Gasteiger charge is 2.26. The predicted molar refractivity (Wildman–Crippen MR) is 105 cm³/mol. The van der Waals surface area contributed by atoms with E-state index in [1.54, 1.807) is 0 Å². The van der Waals surface area contributed by atoms with Gasteiger partial charge in [-0.1, -0.05) is 6.07 Å². The number of hydrogen-bond donors (Lipinski definition) is 0. The van der Waals surface area contributed by atoms with Crippen LogP contribution in [0.5, 0.6) is 11.5 Å². The minimum Gasteiger partial charge on any atom is -0.454 e. The second-order valence-corrected chi connectivity index (χ2v) is 8.25. The van der Waals surface area contributed by atoms with Gasteiger partial charge in [-0.05, 0) is 69.6 Å². The van der Waals surface area contributed by atoms with Gasteiger partial charge < -0.3 is 14.0 Å². The number of ether oxygens (including phenoxy) is 2. The maximum Gasteiger partial charge on any atom is 0.231 e. The number of hydrogen-bond acceptors (Lipinski definition) is 6. The molecular weight excluding hydrogens is 354 g/mol. The first-order chi connectivity index (χ1) is 13.8. The zero-order valence-corrected chi connectivity index (χ0v) is 16.6. The molecule has 5 rings (SSSR count). The molecule has 0 radical (unpaired) electrons. The van der Waals surface area contributed by atoms with Crippen molar-refractivity contribution in [2.75, 3.05) is 33.0 Å².